The Balaban J connectivity index is 1.91. The molecule has 5 heteroatoms. The van der Waals surface area contributed by atoms with Gasteiger partial charge in [-0.3, -0.25) is 4.79 Å². The zero-order valence-electron chi connectivity index (χ0n) is 12.1. The second-order valence-electron chi connectivity index (χ2n) is 5.71. The smallest absolute Gasteiger partial charge is 0.254 e. The Bertz CT molecular complexity index is 284. The maximum absolute atomic E-state index is 12.5. The molecule has 0 bridgehead atoms. The van der Waals surface area contributed by atoms with Crippen LogP contribution in [0.25, 0.3) is 0 Å². The van der Waals surface area contributed by atoms with Crippen molar-refractivity contribution < 1.29 is 14.3 Å². The first kappa shape index (κ1) is 14.8. The van der Waals surface area contributed by atoms with Gasteiger partial charge in [0.15, 0.2) is 6.10 Å². The van der Waals surface area contributed by atoms with Gasteiger partial charge in [-0.15, -0.1) is 0 Å². The van der Waals surface area contributed by atoms with Crippen LogP contribution in [0.1, 0.15) is 26.7 Å². The van der Waals surface area contributed by atoms with Crippen molar-refractivity contribution >= 4 is 5.91 Å². The van der Waals surface area contributed by atoms with E-state index in [-0.39, 0.29) is 11.9 Å². The summed E-state index contributed by atoms with van der Waals surface area (Å²) in [5.74, 6) is 0.699. The van der Waals surface area contributed by atoms with Crippen molar-refractivity contribution in [1.82, 2.24) is 10.2 Å². The Hall–Kier alpha value is -0.650. The SMILES string of the molecule is CC(C)N(CC1CCNCC1)C(=O)C1COCCO1. The lowest BCUT2D eigenvalue weighted by Crippen LogP contribution is -2.50. The number of rotatable bonds is 4. The third-order valence-electron chi connectivity index (χ3n) is 3.91. The minimum Gasteiger partial charge on any atom is -0.376 e. The average Bonchev–Trinajstić information content (AvgIpc) is 2.46. The highest BCUT2D eigenvalue weighted by Crippen LogP contribution is 2.17. The van der Waals surface area contributed by atoms with Gasteiger partial charge < -0.3 is 19.7 Å². The highest BCUT2D eigenvalue weighted by Gasteiger charge is 2.30. The summed E-state index contributed by atoms with van der Waals surface area (Å²) in [5.41, 5.74) is 0. The van der Waals surface area contributed by atoms with E-state index in [1.807, 2.05) is 4.90 Å². The molecule has 0 saturated carbocycles. The maximum atomic E-state index is 12.5. The van der Waals surface area contributed by atoms with E-state index in [9.17, 15) is 4.79 Å². The molecule has 0 aromatic carbocycles. The van der Waals surface area contributed by atoms with Gasteiger partial charge in [-0.2, -0.15) is 0 Å². The molecule has 1 unspecified atom stereocenters. The van der Waals surface area contributed by atoms with Crippen molar-refractivity contribution in [2.24, 2.45) is 5.92 Å². The average molecular weight is 270 g/mol. The van der Waals surface area contributed by atoms with Crippen molar-refractivity contribution in [3.05, 3.63) is 0 Å². The van der Waals surface area contributed by atoms with Crippen LogP contribution in [0.5, 0.6) is 0 Å². The number of nitrogens with one attached hydrogen (secondary N) is 1. The Morgan fingerprint density at radius 1 is 1.32 bits per heavy atom. The quantitative estimate of drug-likeness (QED) is 0.814. The minimum absolute atomic E-state index is 0.0910. The molecule has 2 saturated heterocycles. The van der Waals surface area contributed by atoms with E-state index in [2.05, 4.69) is 19.2 Å². The van der Waals surface area contributed by atoms with Gasteiger partial charge in [0.05, 0.1) is 19.8 Å². The molecule has 110 valence electrons. The van der Waals surface area contributed by atoms with Gasteiger partial charge in [-0.05, 0) is 45.7 Å². The fourth-order valence-electron chi connectivity index (χ4n) is 2.71. The molecule has 1 N–H and O–H groups in total. The van der Waals surface area contributed by atoms with Crippen molar-refractivity contribution in [3.63, 3.8) is 0 Å². The van der Waals surface area contributed by atoms with Crippen molar-refractivity contribution in [2.75, 3.05) is 39.5 Å². The van der Waals surface area contributed by atoms with Gasteiger partial charge in [0, 0.05) is 12.6 Å². The van der Waals surface area contributed by atoms with Crippen LogP contribution in [-0.2, 0) is 14.3 Å². The largest absolute Gasteiger partial charge is 0.376 e. The number of piperidine rings is 1. The highest BCUT2D eigenvalue weighted by atomic mass is 16.6. The Morgan fingerprint density at radius 3 is 2.63 bits per heavy atom. The van der Waals surface area contributed by atoms with Crippen LogP contribution in [0.2, 0.25) is 0 Å². The fourth-order valence-corrected chi connectivity index (χ4v) is 2.71. The predicted octanol–water partition coefficient (Wildman–Crippen LogP) is 0.638. The lowest BCUT2D eigenvalue weighted by molar-refractivity contribution is -0.160. The van der Waals surface area contributed by atoms with E-state index in [1.165, 1.54) is 0 Å². The number of hydrogen-bond acceptors (Lipinski definition) is 4. The molecular formula is C14H26N2O3. The van der Waals surface area contributed by atoms with Crippen molar-refractivity contribution in [3.8, 4) is 0 Å². The Morgan fingerprint density at radius 2 is 2.05 bits per heavy atom. The van der Waals surface area contributed by atoms with Crippen LogP contribution in [0.4, 0.5) is 0 Å². The standard InChI is InChI=1S/C14H26N2O3/c1-11(2)16(9-12-3-5-15-6-4-12)14(17)13-10-18-7-8-19-13/h11-13,15H,3-10H2,1-2H3. The Kier molecular flexibility index (Phi) is 5.60. The number of ether oxygens (including phenoxy) is 2. The number of carbonyl (C=O) groups is 1. The molecule has 0 spiro atoms. The molecule has 1 atom stereocenters. The summed E-state index contributed by atoms with van der Waals surface area (Å²) in [5, 5.41) is 3.36. The normalized spacial score (nSPS) is 25.5. The molecule has 5 nitrogen and oxygen atoms in total. The van der Waals surface area contributed by atoms with Gasteiger partial charge in [0.2, 0.25) is 0 Å². The first-order valence-corrected chi connectivity index (χ1v) is 7.39. The lowest BCUT2D eigenvalue weighted by atomic mass is 9.96. The molecule has 2 aliphatic heterocycles. The van der Waals surface area contributed by atoms with Crippen LogP contribution in [-0.4, -0.2) is 62.4 Å². The summed E-state index contributed by atoms with van der Waals surface area (Å²) in [4.78, 5) is 14.5. The summed E-state index contributed by atoms with van der Waals surface area (Å²) < 4.78 is 10.9. The molecule has 0 aromatic rings. The minimum atomic E-state index is -0.405. The number of nitrogens with zero attached hydrogens (tertiary/aromatic N) is 1. The molecule has 2 fully saturated rings. The van der Waals surface area contributed by atoms with Gasteiger partial charge in [-0.1, -0.05) is 0 Å². The van der Waals surface area contributed by atoms with E-state index >= 15 is 0 Å². The molecule has 2 rings (SSSR count). The van der Waals surface area contributed by atoms with Crippen molar-refractivity contribution in [2.45, 2.75) is 38.8 Å². The van der Waals surface area contributed by atoms with E-state index in [0.717, 1.165) is 32.5 Å². The summed E-state index contributed by atoms with van der Waals surface area (Å²) in [6.07, 6.45) is 1.90. The van der Waals surface area contributed by atoms with Crippen LogP contribution in [0, 0.1) is 5.92 Å². The number of carbonyl (C=O) groups excluding carboxylic acids is 1. The van der Waals surface area contributed by atoms with E-state index < -0.39 is 6.10 Å². The molecule has 2 aliphatic rings. The second-order valence-corrected chi connectivity index (χ2v) is 5.71. The van der Waals surface area contributed by atoms with Gasteiger partial charge in [0.1, 0.15) is 0 Å². The molecule has 19 heavy (non-hydrogen) atoms. The fraction of sp³-hybridized carbons (Fsp3) is 0.929. The van der Waals surface area contributed by atoms with Crippen LogP contribution < -0.4 is 5.32 Å². The van der Waals surface area contributed by atoms with Crippen molar-refractivity contribution in [1.29, 1.82) is 0 Å². The monoisotopic (exact) mass is 270 g/mol. The molecule has 2 heterocycles. The number of amides is 1. The molecule has 0 aromatic heterocycles. The molecule has 0 aliphatic carbocycles. The third-order valence-corrected chi connectivity index (χ3v) is 3.91. The number of hydrogen-bond donors (Lipinski definition) is 1. The molecule has 1 amide bonds. The zero-order valence-corrected chi connectivity index (χ0v) is 12.1. The summed E-state index contributed by atoms with van der Waals surface area (Å²) in [6.45, 7) is 8.63. The Labute approximate surface area is 115 Å². The van der Waals surface area contributed by atoms with Gasteiger partial charge >= 0.3 is 0 Å². The van der Waals surface area contributed by atoms with Crippen LogP contribution >= 0.6 is 0 Å². The third kappa shape index (κ3) is 4.16. The van der Waals surface area contributed by atoms with Gasteiger partial charge in [0.25, 0.3) is 5.91 Å². The van der Waals surface area contributed by atoms with Crippen LogP contribution in [0.3, 0.4) is 0 Å². The summed E-state index contributed by atoms with van der Waals surface area (Å²) in [6, 6.07) is 0.216. The van der Waals surface area contributed by atoms with E-state index in [4.69, 9.17) is 9.47 Å². The summed E-state index contributed by atoms with van der Waals surface area (Å²) in [7, 11) is 0. The maximum Gasteiger partial charge on any atom is 0.254 e. The zero-order chi connectivity index (χ0) is 13.7. The predicted molar refractivity (Wildman–Crippen MR) is 73.0 cm³/mol. The lowest BCUT2D eigenvalue weighted by Gasteiger charge is -2.35. The molecule has 0 radical (unpaired) electrons. The van der Waals surface area contributed by atoms with Crippen LogP contribution in [0.15, 0.2) is 0 Å². The first-order valence-electron chi connectivity index (χ1n) is 7.39. The second kappa shape index (κ2) is 7.22. The summed E-state index contributed by atoms with van der Waals surface area (Å²) >= 11 is 0. The topological polar surface area (TPSA) is 50.8 Å². The highest BCUT2D eigenvalue weighted by molar-refractivity contribution is 5.81. The van der Waals surface area contributed by atoms with E-state index in [0.29, 0.717) is 25.7 Å². The van der Waals surface area contributed by atoms with E-state index in [1.54, 1.807) is 0 Å². The molecular weight excluding hydrogens is 244 g/mol. The first-order chi connectivity index (χ1) is 9.18. The van der Waals surface area contributed by atoms with Gasteiger partial charge in [-0.25, -0.2) is 0 Å².